The summed E-state index contributed by atoms with van der Waals surface area (Å²) in [6.45, 7) is 3.39. The number of esters is 1. The van der Waals surface area contributed by atoms with Crippen LogP contribution >= 0.6 is 39.1 Å². The molecule has 2 amide bonds. The van der Waals surface area contributed by atoms with Gasteiger partial charge in [0.25, 0.3) is 5.91 Å². The van der Waals surface area contributed by atoms with Gasteiger partial charge < -0.3 is 15.4 Å². The van der Waals surface area contributed by atoms with Crippen molar-refractivity contribution in [1.82, 2.24) is 0 Å². The highest BCUT2D eigenvalue weighted by Crippen LogP contribution is 2.26. The number of rotatable bonds is 7. The van der Waals surface area contributed by atoms with Crippen LogP contribution in [0.15, 0.2) is 34.8 Å². The molecule has 6 nitrogen and oxygen atoms in total. The predicted octanol–water partition coefficient (Wildman–Crippen LogP) is 5.27. The normalized spacial score (nSPS) is 10.4. The summed E-state index contributed by atoms with van der Waals surface area (Å²) < 4.78 is 5.89. The molecule has 2 aromatic carbocycles. The van der Waals surface area contributed by atoms with E-state index in [1.165, 1.54) is 6.07 Å². The first-order chi connectivity index (χ1) is 13.7. The lowest BCUT2D eigenvalue weighted by molar-refractivity contribution is -0.147. The van der Waals surface area contributed by atoms with Crippen molar-refractivity contribution < 1.29 is 19.1 Å². The molecule has 29 heavy (non-hydrogen) atoms. The molecule has 0 aliphatic heterocycles. The fourth-order valence-corrected chi connectivity index (χ4v) is 3.02. The second-order valence-electron chi connectivity index (χ2n) is 6.31. The Morgan fingerprint density at radius 2 is 1.62 bits per heavy atom. The molecular formula is C20H19BrCl2N2O4. The van der Waals surface area contributed by atoms with Crippen LogP contribution in [0.5, 0.6) is 0 Å². The van der Waals surface area contributed by atoms with Crippen molar-refractivity contribution in [2.24, 2.45) is 0 Å². The molecule has 0 heterocycles. The maximum absolute atomic E-state index is 12.0. The highest BCUT2D eigenvalue weighted by Gasteiger charge is 2.13. The minimum Gasteiger partial charge on any atom is -0.456 e. The first-order valence-electron chi connectivity index (χ1n) is 8.63. The van der Waals surface area contributed by atoms with Crippen molar-refractivity contribution >= 4 is 68.3 Å². The fraction of sp³-hybridized carbons (Fsp3) is 0.250. The number of anilines is 2. The monoisotopic (exact) mass is 500 g/mol. The van der Waals surface area contributed by atoms with Crippen LogP contribution in [0.1, 0.15) is 24.0 Å². The summed E-state index contributed by atoms with van der Waals surface area (Å²) in [5, 5.41) is 6.00. The van der Waals surface area contributed by atoms with Gasteiger partial charge in [0.05, 0.1) is 17.1 Å². The van der Waals surface area contributed by atoms with Gasteiger partial charge in [0, 0.05) is 21.6 Å². The topological polar surface area (TPSA) is 84.5 Å². The summed E-state index contributed by atoms with van der Waals surface area (Å²) in [4.78, 5) is 35.7. The van der Waals surface area contributed by atoms with Gasteiger partial charge in [-0.2, -0.15) is 0 Å². The summed E-state index contributed by atoms with van der Waals surface area (Å²) in [6.07, 6.45) is -0.289. The number of aryl methyl sites for hydroxylation is 2. The quantitative estimate of drug-likeness (QED) is 0.506. The molecule has 0 aromatic heterocycles. The maximum atomic E-state index is 12.0. The molecule has 0 saturated carbocycles. The number of hydrogen-bond acceptors (Lipinski definition) is 4. The van der Waals surface area contributed by atoms with Gasteiger partial charge in [0.15, 0.2) is 6.61 Å². The average Bonchev–Trinajstić information content (AvgIpc) is 2.65. The van der Waals surface area contributed by atoms with Gasteiger partial charge in [-0.25, -0.2) is 0 Å². The molecule has 2 aromatic rings. The van der Waals surface area contributed by atoms with Gasteiger partial charge in [-0.3, -0.25) is 14.4 Å². The molecule has 2 N–H and O–H groups in total. The number of hydrogen-bond donors (Lipinski definition) is 2. The van der Waals surface area contributed by atoms with Crippen molar-refractivity contribution in [2.75, 3.05) is 17.2 Å². The Kier molecular flexibility index (Phi) is 8.49. The van der Waals surface area contributed by atoms with Gasteiger partial charge in [-0.05, 0) is 55.3 Å². The summed E-state index contributed by atoms with van der Waals surface area (Å²) in [7, 11) is 0. The smallest absolute Gasteiger partial charge is 0.306 e. The number of carbonyl (C=O) groups is 3. The van der Waals surface area contributed by atoms with Gasteiger partial charge in [0.1, 0.15) is 0 Å². The van der Waals surface area contributed by atoms with Crippen molar-refractivity contribution in [3.05, 3.63) is 56.0 Å². The maximum Gasteiger partial charge on any atom is 0.306 e. The Morgan fingerprint density at radius 1 is 0.966 bits per heavy atom. The number of ether oxygens (including phenoxy) is 1. The Labute approximate surface area is 187 Å². The van der Waals surface area contributed by atoms with Crippen molar-refractivity contribution in [3.63, 3.8) is 0 Å². The minimum atomic E-state index is -0.657. The van der Waals surface area contributed by atoms with E-state index in [4.69, 9.17) is 27.9 Å². The van der Waals surface area contributed by atoms with E-state index < -0.39 is 24.4 Å². The lowest BCUT2D eigenvalue weighted by Gasteiger charge is -2.10. The van der Waals surface area contributed by atoms with E-state index in [0.717, 1.165) is 15.6 Å². The van der Waals surface area contributed by atoms with Crippen LogP contribution in [-0.4, -0.2) is 24.4 Å². The largest absolute Gasteiger partial charge is 0.456 e. The molecule has 0 fully saturated rings. The Hall–Kier alpha value is -2.09. The highest BCUT2D eigenvalue weighted by molar-refractivity contribution is 9.10. The van der Waals surface area contributed by atoms with Crippen LogP contribution in [0.25, 0.3) is 0 Å². The summed E-state index contributed by atoms with van der Waals surface area (Å²) in [5.41, 5.74) is 2.92. The van der Waals surface area contributed by atoms with Gasteiger partial charge in [-0.15, -0.1) is 0 Å². The Morgan fingerprint density at radius 3 is 2.28 bits per heavy atom. The second-order valence-corrected chi connectivity index (χ2v) is 7.94. The molecule has 0 saturated heterocycles. The molecule has 0 atom stereocenters. The summed E-state index contributed by atoms with van der Waals surface area (Å²) >= 11 is 15.3. The van der Waals surface area contributed by atoms with E-state index in [0.29, 0.717) is 21.4 Å². The molecular weight excluding hydrogens is 483 g/mol. The molecule has 0 spiro atoms. The zero-order valence-electron chi connectivity index (χ0n) is 15.8. The lowest BCUT2D eigenvalue weighted by atomic mass is 10.1. The molecule has 9 heteroatoms. The average molecular weight is 502 g/mol. The number of carbonyl (C=O) groups excluding carboxylic acids is 3. The van der Waals surface area contributed by atoms with Crippen LogP contribution in [0.4, 0.5) is 11.4 Å². The third-order valence-electron chi connectivity index (χ3n) is 3.84. The lowest BCUT2D eigenvalue weighted by Crippen LogP contribution is -2.22. The number of nitrogens with one attached hydrogen (secondary N) is 2. The first kappa shape index (κ1) is 23.2. The number of benzene rings is 2. The van der Waals surface area contributed by atoms with Gasteiger partial charge in [0.2, 0.25) is 5.91 Å². The first-order valence-corrected chi connectivity index (χ1v) is 10.2. The molecule has 0 bridgehead atoms. The van der Waals surface area contributed by atoms with Crippen LogP contribution in [0.2, 0.25) is 10.0 Å². The Balaban J connectivity index is 1.75. The van der Waals surface area contributed by atoms with E-state index in [1.807, 2.05) is 26.0 Å². The van der Waals surface area contributed by atoms with E-state index >= 15 is 0 Å². The summed E-state index contributed by atoms with van der Waals surface area (Å²) in [5.74, 6) is -1.54. The molecule has 154 valence electrons. The standard InChI is InChI=1S/C20H19BrCl2N2O4/c1-11-7-14(8-12(2)20(11)21)24-18(27)10-29-19(28)6-5-17(26)25-16-9-13(22)3-4-15(16)23/h3-4,7-9H,5-6,10H2,1-2H3,(H,24,27)(H,25,26). The van der Waals surface area contributed by atoms with E-state index in [2.05, 4.69) is 26.6 Å². The molecule has 0 aliphatic carbocycles. The van der Waals surface area contributed by atoms with Gasteiger partial charge in [-0.1, -0.05) is 39.1 Å². The second kappa shape index (κ2) is 10.6. The third-order valence-corrected chi connectivity index (χ3v) is 5.66. The van der Waals surface area contributed by atoms with Crippen LogP contribution in [-0.2, 0) is 19.1 Å². The summed E-state index contributed by atoms with van der Waals surface area (Å²) in [6, 6.07) is 8.28. The Bertz CT molecular complexity index is 927. The molecule has 0 aliphatic rings. The number of halogens is 3. The zero-order chi connectivity index (χ0) is 21.6. The van der Waals surface area contributed by atoms with Crippen molar-refractivity contribution in [3.8, 4) is 0 Å². The van der Waals surface area contributed by atoms with Crippen molar-refractivity contribution in [1.29, 1.82) is 0 Å². The van der Waals surface area contributed by atoms with Crippen LogP contribution in [0.3, 0.4) is 0 Å². The predicted molar refractivity (Wildman–Crippen MR) is 118 cm³/mol. The van der Waals surface area contributed by atoms with Crippen LogP contribution in [0, 0.1) is 13.8 Å². The highest BCUT2D eigenvalue weighted by atomic mass is 79.9. The van der Waals surface area contributed by atoms with Crippen molar-refractivity contribution in [2.45, 2.75) is 26.7 Å². The third kappa shape index (κ3) is 7.34. The zero-order valence-corrected chi connectivity index (χ0v) is 18.9. The van der Waals surface area contributed by atoms with Gasteiger partial charge >= 0.3 is 5.97 Å². The molecule has 0 radical (unpaired) electrons. The minimum absolute atomic E-state index is 0.117. The van der Waals surface area contributed by atoms with E-state index in [1.54, 1.807) is 12.1 Å². The fourth-order valence-electron chi connectivity index (χ4n) is 2.45. The number of amides is 2. The SMILES string of the molecule is Cc1cc(NC(=O)COC(=O)CCC(=O)Nc2cc(Cl)ccc2Cl)cc(C)c1Br. The van der Waals surface area contributed by atoms with E-state index in [-0.39, 0.29) is 12.8 Å². The van der Waals surface area contributed by atoms with E-state index in [9.17, 15) is 14.4 Å². The molecule has 0 unspecified atom stereocenters. The molecule has 2 rings (SSSR count). The van der Waals surface area contributed by atoms with Crippen LogP contribution < -0.4 is 10.6 Å².